The van der Waals surface area contributed by atoms with Crippen molar-refractivity contribution >= 4 is 29.7 Å². The average molecular weight is 485 g/mol. The first-order chi connectivity index (χ1) is 17.1. The van der Waals surface area contributed by atoms with Gasteiger partial charge in [0.25, 0.3) is 5.91 Å². The molecule has 0 saturated carbocycles. The van der Waals surface area contributed by atoms with Crippen LogP contribution in [-0.4, -0.2) is 24.7 Å². The van der Waals surface area contributed by atoms with Crippen LogP contribution < -0.4 is 14.9 Å². The molecular formula is C28H21ClN2O4. The minimum absolute atomic E-state index is 0.165. The molecule has 7 heteroatoms. The molecule has 1 N–H and O–H groups in total. The molecule has 0 aliphatic carbocycles. The number of halogens is 1. The van der Waals surface area contributed by atoms with E-state index < -0.39 is 5.97 Å². The van der Waals surface area contributed by atoms with E-state index in [-0.39, 0.29) is 12.5 Å². The van der Waals surface area contributed by atoms with Crippen LogP contribution in [0.5, 0.6) is 11.5 Å². The van der Waals surface area contributed by atoms with Crippen molar-refractivity contribution in [3.8, 4) is 22.6 Å². The van der Waals surface area contributed by atoms with Crippen molar-refractivity contribution < 1.29 is 19.1 Å². The van der Waals surface area contributed by atoms with E-state index in [9.17, 15) is 9.59 Å². The second-order valence-corrected chi connectivity index (χ2v) is 7.87. The molecule has 0 aliphatic heterocycles. The summed E-state index contributed by atoms with van der Waals surface area (Å²) in [7, 11) is 0. The van der Waals surface area contributed by atoms with Crippen molar-refractivity contribution in [1.82, 2.24) is 5.43 Å². The highest BCUT2D eigenvalue weighted by molar-refractivity contribution is 6.30. The molecule has 0 aliphatic rings. The number of hydrazone groups is 1. The zero-order chi connectivity index (χ0) is 24.5. The fraction of sp³-hybridized carbons (Fsp3) is 0.0357. The zero-order valence-electron chi connectivity index (χ0n) is 18.6. The number of nitrogens with one attached hydrogen (secondary N) is 1. The Morgan fingerprint density at radius 1 is 0.771 bits per heavy atom. The molecule has 0 fully saturated rings. The molecule has 174 valence electrons. The number of esters is 1. The Bertz CT molecular complexity index is 1300. The third-order valence-electron chi connectivity index (χ3n) is 4.90. The summed E-state index contributed by atoms with van der Waals surface area (Å²) >= 11 is 5.83. The maximum atomic E-state index is 12.2. The Hall–Kier alpha value is -4.42. The van der Waals surface area contributed by atoms with Crippen molar-refractivity contribution in [3.63, 3.8) is 0 Å². The maximum absolute atomic E-state index is 12.2. The minimum atomic E-state index is -0.481. The van der Waals surface area contributed by atoms with Crippen molar-refractivity contribution in [2.24, 2.45) is 5.10 Å². The first-order valence-electron chi connectivity index (χ1n) is 10.7. The van der Waals surface area contributed by atoms with Gasteiger partial charge in [-0.15, -0.1) is 0 Å². The predicted octanol–water partition coefficient (Wildman–Crippen LogP) is 5.76. The van der Waals surface area contributed by atoms with Gasteiger partial charge in [-0.25, -0.2) is 10.2 Å². The van der Waals surface area contributed by atoms with Gasteiger partial charge in [-0.2, -0.15) is 5.10 Å². The first kappa shape index (κ1) is 23.7. The summed E-state index contributed by atoms with van der Waals surface area (Å²) in [6, 6.07) is 30.7. The number of carbonyl (C=O) groups excluding carboxylic acids is 2. The first-order valence-corrected chi connectivity index (χ1v) is 11.1. The van der Waals surface area contributed by atoms with Crippen LogP contribution in [0.3, 0.4) is 0 Å². The van der Waals surface area contributed by atoms with Crippen LogP contribution in [0.15, 0.2) is 108 Å². The molecule has 0 saturated heterocycles. The van der Waals surface area contributed by atoms with E-state index >= 15 is 0 Å². The van der Waals surface area contributed by atoms with Gasteiger partial charge in [-0.3, -0.25) is 4.79 Å². The minimum Gasteiger partial charge on any atom is -0.484 e. The zero-order valence-corrected chi connectivity index (χ0v) is 19.3. The fourth-order valence-corrected chi connectivity index (χ4v) is 3.23. The number of benzene rings is 4. The van der Waals surface area contributed by atoms with E-state index in [0.29, 0.717) is 27.6 Å². The summed E-state index contributed by atoms with van der Waals surface area (Å²) in [5.41, 5.74) is 5.72. The van der Waals surface area contributed by atoms with Gasteiger partial charge in [0.1, 0.15) is 11.5 Å². The molecule has 0 unspecified atom stereocenters. The summed E-state index contributed by atoms with van der Waals surface area (Å²) in [6.07, 6.45) is 1.48. The van der Waals surface area contributed by atoms with Gasteiger partial charge in [0.2, 0.25) is 0 Å². The molecule has 0 atom stereocenters. The second-order valence-electron chi connectivity index (χ2n) is 7.44. The standard InChI is InChI=1S/C28H21ClN2O4/c29-24-12-8-23(9-13-24)28(33)35-26-14-6-20(7-15-26)18-30-31-27(32)19-34-25-16-10-22(11-17-25)21-4-2-1-3-5-21/h1-18H,19H2,(H,31,32)/b30-18+. The summed E-state index contributed by atoms with van der Waals surface area (Å²) in [5, 5.41) is 4.47. The van der Waals surface area contributed by atoms with Gasteiger partial charge in [0.15, 0.2) is 6.61 Å². The summed E-state index contributed by atoms with van der Waals surface area (Å²) in [6.45, 7) is -0.165. The molecule has 0 bridgehead atoms. The van der Waals surface area contributed by atoms with Crippen molar-refractivity contribution in [2.75, 3.05) is 6.61 Å². The van der Waals surface area contributed by atoms with E-state index in [2.05, 4.69) is 10.5 Å². The Kier molecular flexibility index (Phi) is 7.88. The number of hydrogen-bond acceptors (Lipinski definition) is 5. The molecule has 4 aromatic rings. The van der Waals surface area contributed by atoms with Gasteiger partial charge < -0.3 is 9.47 Å². The Morgan fingerprint density at radius 3 is 2.09 bits per heavy atom. The number of hydrogen-bond donors (Lipinski definition) is 1. The highest BCUT2D eigenvalue weighted by atomic mass is 35.5. The molecule has 0 aromatic heterocycles. The summed E-state index contributed by atoms with van der Waals surface area (Å²) < 4.78 is 10.8. The van der Waals surface area contributed by atoms with Crippen LogP contribution in [-0.2, 0) is 4.79 Å². The Morgan fingerprint density at radius 2 is 1.40 bits per heavy atom. The number of rotatable bonds is 8. The van der Waals surface area contributed by atoms with Crippen LogP contribution in [0.25, 0.3) is 11.1 Å². The predicted molar refractivity (Wildman–Crippen MR) is 136 cm³/mol. The Balaban J connectivity index is 1.22. The quantitative estimate of drug-likeness (QED) is 0.149. The molecule has 4 rings (SSSR count). The maximum Gasteiger partial charge on any atom is 0.343 e. The average Bonchev–Trinajstić information content (AvgIpc) is 2.90. The number of carbonyl (C=O) groups is 2. The molecule has 0 spiro atoms. The van der Waals surface area contributed by atoms with Gasteiger partial charge in [0, 0.05) is 5.02 Å². The van der Waals surface area contributed by atoms with E-state index in [1.165, 1.54) is 6.21 Å². The lowest BCUT2D eigenvalue weighted by atomic mass is 10.1. The van der Waals surface area contributed by atoms with Crippen LogP contribution in [0.1, 0.15) is 15.9 Å². The molecule has 0 heterocycles. The highest BCUT2D eigenvalue weighted by Crippen LogP contribution is 2.22. The van der Waals surface area contributed by atoms with Gasteiger partial charge >= 0.3 is 5.97 Å². The normalized spacial score (nSPS) is 10.7. The van der Waals surface area contributed by atoms with Crippen molar-refractivity contribution in [2.45, 2.75) is 0 Å². The molecule has 35 heavy (non-hydrogen) atoms. The second kappa shape index (κ2) is 11.6. The van der Waals surface area contributed by atoms with E-state index in [1.807, 2.05) is 54.6 Å². The lowest BCUT2D eigenvalue weighted by molar-refractivity contribution is -0.123. The molecule has 0 radical (unpaired) electrons. The van der Waals surface area contributed by atoms with Crippen LogP contribution in [0.2, 0.25) is 5.02 Å². The fourth-order valence-electron chi connectivity index (χ4n) is 3.11. The molecular weight excluding hydrogens is 464 g/mol. The van der Waals surface area contributed by atoms with Crippen LogP contribution in [0.4, 0.5) is 0 Å². The Labute approximate surface area is 207 Å². The van der Waals surface area contributed by atoms with Gasteiger partial charge in [0.05, 0.1) is 11.8 Å². The van der Waals surface area contributed by atoms with Crippen molar-refractivity contribution in [3.05, 3.63) is 119 Å². The smallest absolute Gasteiger partial charge is 0.343 e. The van der Waals surface area contributed by atoms with Gasteiger partial charge in [-0.1, -0.05) is 54.1 Å². The van der Waals surface area contributed by atoms with E-state index in [0.717, 1.165) is 11.1 Å². The molecule has 1 amide bonds. The topological polar surface area (TPSA) is 77.0 Å². The van der Waals surface area contributed by atoms with Gasteiger partial charge in [-0.05, 0) is 77.4 Å². The SMILES string of the molecule is O=C(COc1ccc(-c2ccccc2)cc1)N/N=C/c1ccc(OC(=O)c2ccc(Cl)cc2)cc1. The third kappa shape index (κ3) is 7.03. The highest BCUT2D eigenvalue weighted by Gasteiger charge is 2.08. The lowest BCUT2D eigenvalue weighted by Gasteiger charge is -2.07. The summed E-state index contributed by atoms with van der Waals surface area (Å²) in [4.78, 5) is 24.2. The van der Waals surface area contributed by atoms with E-state index in [1.54, 1.807) is 48.5 Å². The largest absolute Gasteiger partial charge is 0.484 e. The number of nitrogens with zero attached hydrogens (tertiary/aromatic N) is 1. The van der Waals surface area contributed by atoms with Crippen LogP contribution in [0, 0.1) is 0 Å². The molecule has 4 aromatic carbocycles. The van der Waals surface area contributed by atoms with E-state index in [4.69, 9.17) is 21.1 Å². The number of amides is 1. The van der Waals surface area contributed by atoms with Crippen LogP contribution >= 0.6 is 11.6 Å². The summed E-state index contributed by atoms with van der Waals surface area (Å²) in [5.74, 6) is 0.109. The number of ether oxygens (including phenoxy) is 2. The van der Waals surface area contributed by atoms with Crippen molar-refractivity contribution in [1.29, 1.82) is 0 Å². The lowest BCUT2D eigenvalue weighted by Crippen LogP contribution is -2.24. The molecule has 6 nitrogen and oxygen atoms in total. The third-order valence-corrected chi connectivity index (χ3v) is 5.16. The monoisotopic (exact) mass is 484 g/mol.